The molecule has 0 spiro atoms. The minimum Gasteiger partial charge on any atom is -0.464 e. The van der Waals surface area contributed by atoms with E-state index in [1.54, 1.807) is 0 Å². The predicted molar refractivity (Wildman–Crippen MR) is 101 cm³/mol. The summed E-state index contributed by atoms with van der Waals surface area (Å²) in [5, 5.41) is 0. The molecule has 1 unspecified atom stereocenters. The van der Waals surface area contributed by atoms with E-state index in [0.29, 0.717) is 18.9 Å². The number of ether oxygens (including phenoxy) is 1. The van der Waals surface area contributed by atoms with Crippen molar-refractivity contribution in [3.8, 4) is 0 Å². The zero-order valence-corrected chi connectivity index (χ0v) is 15.8. The average Bonchev–Trinajstić information content (AvgIpc) is 2.93. The molecule has 2 aromatic rings. The number of anilines is 2. The van der Waals surface area contributed by atoms with Crippen LogP contribution >= 0.6 is 15.9 Å². The Morgan fingerprint density at radius 1 is 1.25 bits per heavy atom. The number of hydrogen-bond donors (Lipinski definition) is 0. The van der Waals surface area contributed by atoms with Crippen LogP contribution in [-0.2, 0) is 16.0 Å². The summed E-state index contributed by atoms with van der Waals surface area (Å²) < 4.78 is 6.34. The predicted octanol–water partition coefficient (Wildman–Crippen LogP) is 5.20. The molecule has 0 bridgehead atoms. The molecule has 0 fully saturated rings. The number of hydrogen-bond acceptors (Lipinski definition) is 3. The van der Waals surface area contributed by atoms with Gasteiger partial charge < -0.3 is 9.64 Å². The van der Waals surface area contributed by atoms with Crippen molar-refractivity contribution >= 4 is 33.3 Å². The van der Waals surface area contributed by atoms with Crippen LogP contribution in [0.1, 0.15) is 37.8 Å². The van der Waals surface area contributed by atoms with Crippen molar-refractivity contribution in [2.75, 3.05) is 11.5 Å². The summed E-state index contributed by atoms with van der Waals surface area (Å²) in [5.74, 6) is 0.319. The van der Waals surface area contributed by atoms with Crippen molar-refractivity contribution in [1.82, 2.24) is 0 Å². The van der Waals surface area contributed by atoms with Gasteiger partial charge >= 0.3 is 5.97 Å². The van der Waals surface area contributed by atoms with Gasteiger partial charge in [0, 0.05) is 22.3 Å². The second-order valence-corrected chi connectivity index (χ2v) is 7.28. The Bertz CT molecular complexity index is 740. The van der Waals surface area contributed by atoms with E-state index in [1.165, 1.54) is 5.56 Å². The number of halogens is 1. The maximum Gasteiger partial charge on any atom is 0.329 e. The fourth-order valence-corrected chi connectivity index (χ4v) is 3.59. The third kappa shape index (κ3) is 3.20. The summed E-state index contributed by atoms with van der Waals surface area (Å²) in [6.45, 7) is 6.60. The molecule has 1 aliphatic rings. The summed E-state index contributed by atoms with van der Waals surface area (Å²) in [6.07, 6.45) is 0.666. The summed E-state index contributed by atoms with van der Waals surface area (Å²) in [6, 6.07) is 14.3. The quantitative estimate of drug-likeness (QED) is 0.675. The standard InChI is InChI=1S/C20H22BrNO2/c1-4-24-20(23)19-12-15-11-16(21)7-10-18(15)22(19)17-8-5-14(6-9-17)13(2)3/h5-11,13,19H,4,12H2,1-3H3. The largest absolute Gasteiger partial charge is 0.464 e. The molecule has 1 heterocycles. The van der Waals surface area contributed by atoms with Gasteiger partial charge in [0.25, 0.3) is 0 Å². The topological polar surface area (TPSA) is 29.5 Å². The van der Waals surface area contributed by atoms with Crippen LogP contribution in [0, 0.1) is 0 Å². The van der Waals surface area contributed by atoms with Crippen molar-refractivity contribution in [2.45, 2.75) is 39.2 Å². The summed E-state index contributed by atoms with van der Waals surface area (Å²) >= 11 is 3.52. The van der Waals surface area contributed by atoms with Crippen molar-refractivity contribution in [2.24, 2.45) is 0 Å². The van der Waals surface area contributed by atoms with Gasteiger partial charge in [-0.3, -0.25) is 0 Å². The van der Waals surface area contributed by atoms with Crippen molar-refractivity contribution in [3.05, 3.63) is 58.1 Å². The summed E-state index contributed by atoms with van der Waals surface area (Å²) in [4.78, 5) is 14.6. The fourth-order valence-electron chi connectivity index (χ4n) is 3.19. The lowest BCUT2D eigenvalue weighted by molar-refractivity contribution is -0.144. The lowest BCUT2D eigenvalue weighted by atomic mass is 10.0. The zero-order valence-electron chi connectivity index (χ0n) is 14.3. The number of fused-ring (bicyclic) bond motifs is 1. The number of carbonyl (C=O) groups is 1. The van der Waals surface area contributed by atoms with Gasteiger partial charge in [-0.15, -0.1) is 0 Å². The lowest BCUT2D eigenvalue weighted by Gasteiger charge is -2.26. The molecule has 0 radical (unpaired) electrons. The smallest absolute Gasteiger partial charge is 0.329 e. The van der Waals surface area contributed by atoms with E-state index >= 15 is 0 Å². The van der Waals surface area contributed by atoms with Gasteiger partial charge in [-0.1, -0.05) is 41.9 Å². The first kappa shape index (κ1) is 17.0. The summed E-state index contributed by atoms with van der Waals surface area (Å²) in [5.41, 5.74) is 4.56. The number of carbonyl (C=O) groups excluding carboxylic acids is 1. The number of esters is 1. The van der Waals surface area contributed by atoms with Gasteiger partial charge in [-0.25, -0.2) is 4.79 Å². The maximum atomic E-state index is 12.5. The number of nitrogens with zero attached hydrogens (tertiary/aromatic N) is 1. The SMILES string of the molecule is CCOC(=O)C1Cc2cc(Br)ccc2N1c1ccc(C(C)C)cc1. The Kier molecular flexibility index (Phi) is 4.95. The molecule has 3 rings (SSSR count). The average molecular weight is 388 g/mol. The molecule has 4 heteroatoms. The Balaban J connectivity index is 2.01. The number of rotatable bonds is 4. The van der Waals surface area contributed by atoms with Crippen LogP contribution in [0.25, 0.3) is 0 Å². The van der Waals surface area contributed by atoms with E-state index in [2.05, 4.69) is 71.1 Å². The van der Waals surface area contributed by atoms with Crippen LogP contribution in [0.3, 0.4) is 0 Å². The van der Waals surface area contributed by atoms with Gasteiger partial charge in [0.15, 0.2) is 0 Å². The first-order valence-corrected chi connectivity index (χ1v) is 9.14. The van der Waals surface area contributed by atoms with E-state index < -0.39 is 0 Å². The third-order valence-electron chi connectivity index (χ3n) is 4.42. The summed E-state index contributed by atoms with van der Waals surface area (Å²) in [7, 11) is 0. The van der Waals surface area contributed by atoms with Crippen LogP contribution in [0.15, 0.2) is 46.9 Å². The first-order valence-electron chi connectivity index (χ1n) is 8.35. The molecule has 0 amide bonds. The van der Waals surface area contributed by atoms with E-state index in [4.69, 9.17) is 4.74 Å². The van der Waals surface area contributed by atoms with Gasteiger partial charge in [-0.05, 0) is 54.3 Å². The van der Waals surface area contributed by atoms with Gasteiger partial charge in [0.2, 0.25) is 0 Å². The normalized spacial score (nSPS) is 16.4. The second-order valence-electron chi connectivity index (χ2n) is 6.36. The molecule has 0 saturated heterocycles. The highest BCUT2D eigenvalue weighted by atomic mass is 79.9. The zero-order chi connectivity index (χ0) is 17.3. The molecule has 1 atom stereocenters. The molecule has 2 aromatic carbocycles. The second kappa shape index (κ2) is 6.98. The highest BCUT2D eigenvalue weighted by Crippen LogP contribution is 2.40. The highest BCUT2D eigenvalue weighted by Gasteiger charge is 2.36. The molecule has 3 nitrogen and oxygen atoms in total. The molecular formula is C20H22BrNO2. The van der Waals surface area contributed by atoms with E-state index in [0.717, 1.165) is 21.4 Å². The Morgan fingerprint density at radius 3 is 2.58 bits per heavy atom. The Morgan fingerprint density at radius 2 is 1.96 bits per heavy atom. The molecule has 0 N–H and O–H groups in total. The maximum absolute atomic E-state index is 12.5. The molecule has 0 aromatic heterocycles. The van der Waals surface area contributed by atoms with Gasteiger partial charge in [0.05, 0.1) is 6.61 Å². The monoisotopic (exact) mass is 387 g/mol. The molecule has 126 valence electrons. The fraction of sp³-hybridized carbons (Fsp3) is 0.350. The molecule has 0 saturated carbocycles. The molecule has 24 heavy (non-hydrogen) atoms. The van der Waals surface area contributed by atoms with Crippen LogP contribution in [0.5, 0.6) is 0 Å². The van der Waals surface area contributed by atoms with Crippen molar-refractivity contribution in [1.29, 1.82) is 0 Å². The van der Waals surface area contributed by atoms with Gasteiger partial charge in [0.1, 0.15) is 6.04 Å². The van der Waals surface area contributed by atoms with Crippen LogP contribution in [0.2, 0.25) is 0 Å². The van der Waals surface area contributed by atoms with Crippen LogP contribution in [0.4, 0.5) is 11.4 Å². The molecule has 0 aliphatic carbocycles. The van der Waals surface area contributed by atoms with Crippen LogP contribution in [-0.4, -0.2) is 18.6 Å². The van der Waals surface area contributed by atoms with Crippen molar-refractivity contribution in [3.63, 3.8) is 0 Å². The number of benzene rings is 2. The minimum absolute atomic E-state index is 0.169. The Hall–Kier alpha value is -1.81. The van der Waals surface area contributed by atoms with E-state index in [9.17, 15) is 4.79 Å². The third-order valence-corrected chi connectivity index (χ3v) is 4.92. The van der Waals surface area contributed by atoms with Crippen LogP contribution < -0.4 is 4.90 Å². The van der Waals surface area contributed by atoms with E-state index in [1.807, 2.05) is 13.0 Å². The van der Waals surface area contributed by atoms with Gasteiger partial charge in [-0.2, -0.15) is 0 Å². The minimum atomic E-state index is -0.306. The highest BCUT2D eigenvalue weighted by molar-refractivity contribution is 9.10. The van der Waals surface area contributed by atoms with E-state index in [-0.39, 0.29) is 12.0 Å². The Labute approximate surface area is 151 Å². The first-order chi connectivity index (χ1) is 11.5. The molecular weight excluding hydrogens is 366 g/mol. The van der Waals surface area contributed by atoms with Crippen molar-refractivity contribution < 1.29 is 9.53 Å². The lowest BCUT2D eigenvalue weighted by Crippen LogP contribution is -2.36. The molecule has 1 aliphatic heterocycles.